The first kappa shape index (κ1) is 17.4. The summed E-state index contributed by atoms with van der Waals surface area (Å²) in [5, 5.41) is 0. The topological polar surface area (TPSA) is 55.6 Å². The van der Waals surface area contributed by atoms with Crippen LogP contribution in [0, 0.1) is 5.92 Å². The second-order valence-electron chi connectivity index (χ2n) is 6.29. The van der Waals surface area contributed by atoms with Crippen LogP contribution in [0.2, 0.25) is 0 Å². The zero-order valence-corrected chi connectivity index (χ0v) is 13.5. The van der Waals surface area contributed by atoms with Crippen LogP contribution in [0.15, 0.2) is 0 Å². The minimum Gasteiger partial charge on any atom is -0.465 e. The molecule has 4 heteroatoms. The molecule has 0 bridgehead atoms. The molecule has 1 rings (SSSR count). The van der Waals surface area contributed by atoms with Crippen molar-refractivity contribution in [2.45, 2.75) is 64.8 Å². The van der Waals surface area contributed by atoms with Gasteiger partial charge in [-0.2, -0.15) is 0 Å². The Bertz CT molecular complexity index is 292. The highest BCUT2D eigenvalue weighted by molar-refractivity contribution is 5.79. The van der Waals surface area contributed by atoms with Gasteiger partial charge in [-0.1, -0.05) is 13.3 Å². The summed E-state index contributed by atoms with van der Waals surface area (Å²) in [7, 11) is 0. The standard InChI is InChI=1S/C16H32N2O2/c1-4-14-8-6-11-18(13-9-14)12-7-10-16(3,17)15(19)20-5-2/h14H,4-13,17H2,1-3H3. The van der Waals surface area contributed by atoms with E-state index in [2.05, 4.69) is 11.8 Å². The third kappa shape index (κ3) is 5.80. The number of likely N-dealkylation sites (tertiary alicyclic amines) is 1. The summed E-state index contributed by atoms with van der Waals surface area (Å²) < 4.78 is 5.02. The molecule has 0 saturated carbocycles. The van der Waals surface area contributed by atoms with Gasteiger partial charge in [0.1, 0.15) is 5.54 Å². The Morgan fingerprint density at radius 1 is 1.35 bits per heavy atom. The van der Waals surface area contributed by atoms with Crippen molar-refractivity contribution < 1.29 is 9.53 Å². The number of hydrogen-bond acceptors (Lipinski definition) is 4. The lowest BCUT2D eigenvalue weighted by molar-refractivity contribution is -0.149. The molecule has 0 aliphatic carbocycles. The second kappa shape index (κ2) is 8.63. The van der Waals surface area contributed by atoms with Crippen molar-refractivity contribution in [2.75, 3.05) is 26.2 Å². The van der Waals surface area contributed by atoms with E-state index >= 15 is 0 Å². The summed E-state index contributed by atoms with van der Waals surface area (Å²) in [6, 6.07) is 0. The van der Waals surface area contributed by atoms with Crippen molar-refractivity contribution in [3.63, 3.8) is 0 Å². The smallest absolute Gasteiger partial charge is 0.325 e. The van der Waals surface area contributed by atoms with E-state index < -0.39 is 5.54 Å². The number of hydrogen-bond donors (Lipinski definition) is 1. The van der Waals surface area contributed by atoms with E-state index in [1.165, 1.54) is 38.8 Å². The molecule has 0 aromatic rings. The maximum atomic E-state index is 11.7. The number of ether oxygens (including phenoxy) is 1. The van der Waals surface area contributed by atoms with E-state index in [0.29, 0.717) is 13.0 Å². The number of carbonyl (C=O) groups is 1. The molecular weight excluding hydrogens is 252 g/mol. The molecule has 1 fully saturated rings. The first-order chi connectivity index (χ1) is 9.49. The van der Waals surface area contributed by atoms with E-state index in [1.54, 1.807) is 6.92 Å². The molecule has 0 spiro atoms. The third-order valence-corrected chi connectivity index (χ3v) is 4.43. The molecule has 0 amide bonds. The maximum absolute atomic E-state index is 11.7. The van der Waals surface area contributed by atoms with Gasteiger partial charge in [0.25, 0.3) is 0 Å². The van der Waals surface area contributed by atoms with Crippen LogP contribution < -0.4 is 5.73 Å². The average molecular weight is 284 g/mol. The van der Waals surface area contributed by atoms with Gasteiger partial charge in [-0.05, 0) is 71.5 Å². The first-order valence-electron chi connectivity index (χ1n) is 8.18. The fourth-order valence-electron chi connectivity index (χ4n) is 2.92. The Hall–Kier alpha value is -0.610. The SMILES string of the molecule is CCOC(=O)C(C)(N)CCCN1CCCC(CC)CC1. The molecule has 1 aliphatic rings. The van der Waals surface area contributed by atoms with Crippen molar-refractivity contribution in [2.24, 2.45) is 11.7 Å². The van der Waals surface area contributed by atoms with Crippen LogP contribution in [0.1, 0.15) is 59.3 Å². The zero-order valence-electron chi connectivity index (χ0n) is 13.5. The number of esters is 1. The molecule has 0 aromatic heterocycles. The van der Waals surface area contributed by atoms with Crippen molar-refractivity contribution >= 4 is 5.97 Å². The van der Waals surface area contributed by atoms with Gasteiger partial charge in [-0.25, -0.2) is 0 Å². The molecule has 2 atom stereocenters. The lowest BCUT2D eigenvalue weighted by Gasteiger charge is -2.25. The monoisotopic (exact) mass is 284 g/mol. The molecular formula is C16H32N2O2. The molecule has 1 heterocycles. The Labute approximate surface area is 124 Å². The van der Waals surface area contributed by atoms with Gasteiger partial charge in [-0.15, -0.1) is 0 Å². The molecule has 1 saturated heterocycles. The van der Waals surface area contributed by atoms with Gasteiger partial charge in [0, 0.05) is 0 Å². The lowest BCUT2D eigenvalue weighted by Crippen LogP contribution is -2.46. The molecule has 2 unspecified atom stereocenters. The molecule has 0 aromatic carbocycles. The van der Waals surface area contributed by atoms with Gasteiger partial charge >= 0.3 is 5.97 Å². The molecule has 118 valence electrons. The minimum absolute atomic E-state index is 0.276. The van der Waals surface area contributed by atoms with Crippen LogP contribution in [0.5, 0.6) is 0 Å². The lowest BCUT2D eigenvalue weighted by atomic mass is 9.97. The van der Waals surface area contributed by atoms with Gasteiger partial charge in [-0.3, -0.25) is 4.79 Å². The number of nitrogens with two attached hydrogens (primary N) is 1. The molecule has 1 aliphatic heterocycles. The fraction of sp³-hybridized carbons (Fsp3) is 0.938. The van der Waals surface area contributed by atoms with Crippen molar-refractivity contribution in [1.29, 1.82) is 0 Å². The van der Waals surface area contributed by atoms with E-state index in [4.69, 9.17) is 10.5 Å². The summed E-state index contributed by atoms with van der Waals surface area (Å²) in [6.45, 7) is 9.71. The number of carbonyl (C=O) groups excluding carboxylic acids is 1. The van der Waals surface area contributed by atoms with E-state index in [-0.39, 0.29) is 5.97 Å². The summed E-state index contributed by atoms with van der Waals surface area (Å²) in [4.78, 5) is 14.2. The fourth-order valence-corrected chi connectivity index (χ4v) is 2.92. The zero-order chi connectivity index (χ0) is 15.0. The Balaban J connectivity index is 2.27. The highest BCUT2D eigenvalue weighted by atomic mass is 16.5. The first-order valence-corrected chi connectivity index (χ1v) is 8.18. The van der Waals surface area contributed by atoms with Crippen LogP contribution >= 0.6 is 0 Å². The van der Waals surface area contributed by atoms with Crippen LogP contribution in [0.4, 0.5) is 0 Å². The highest BCUT2D eigenvalue weighted by Gasteiger charge is 2.29. The summed E-state index contributed by atoms with van der Waals surface area (Å²) >= 11 is 0. The predicted octanol–water partition coefficient (Wildman–Crippen LogP) is 2.56. The van der Waals surface area contributed by atoms with Crippen LogP contribution in [-0.4, -0.2) is 42.6 Å². The quantitative estimate of drug-likeness (QED) is 0.730. The summed E-state index contributed by atoms with van der Waals surface area (Å²) in [5.74, 6) is 0.626. The number of nitrogens with zero attached hydrogens (tertiary/aromatic N) is 1. The summed E-state index contributed by atoms with van der Waals surface area (Å²) in [5.41, 5.74) is 5.20. The highest BCUT2D eigenvalue weighted by Crippen LogP contribution is 2.21. The molecule has 4 nitrogen and oxygen atoms in total. The van der Waals surface area contributed by atoms with Crippen molar-refractivity contribution in [3.05, 3.63) is 0 Å². The van der Waals surface area contributed by atoms with Gasteiger partial charge < -0.3 is 15.4 Å². The minimum atomic E-state index is -0.839. The molecule has 0 radical (unpaired) electrons. The third-order valence-electron chi connectivity index (χ3n) is 4.43. The van der Waals surface area contributed by atoms with Gasteiger partial charge in [0.05, 0.1) is 6.61 Å². The summed E-state index contributed by atoms with van der Waals surface area (Å²) in [6.07, 6.45) is 6.94. The number of rotatable bonds is 7. The van der Waals surface area contributed by atoms with E-state index in [0.717, 1.165) is 18.9 Å². The van der Waals surface area contributed by atoms with Crippen LogP contribution in [0.3, 0.4) is 0 Å². The average Bonchev–Trinajstić information content (AvgIpc) is 2.64. The Morgan fingerprint density at radius 3 is 2.75 bits per heavy atom. The van der Waals surface area contributed by atoms with Gasteiger partial charge in [0.2, 0.25) is 0 Å². The Kier molecular flexibility index (Phi) is 7.52. The van der Waals surface area contributed by atoms with Crippen molar-refractivity contribution in [1.82, 2.24) is 4.90 Å². The second-order valence-corrected chi connectivity index (χ2v) is 6.29. The van der Waals surface area contributed by atoms with Gasteiger partial charge in [0.15, 0.2) is 0 Å². The van der Waals surface area contributed by atoms with E-state index in [1.807, 2.05) is 6.92 Å². The molecule has 20 heavy (non-hydrogen) atoms. The normalized spacial score (nSPS) is 23.9. The predicted molar refractivity (Wildman–Crippen MR) is 82.5 cm³/mol. The largest absolute Gasteiger partial charge is 0.465 e. The van der Waals surface area contributed by atoms with Crippen LogP contribution in [-0.2, 0) is 9.53 Å². The maximum Gasteiger partial charge on any atom is 0.325 e. The van der Waals surface area contributed by atoms with Crippen molar-refractivity contribution in [3.8, 4) is 0 Å². The van der Waals surface area contributed by atoms with E-state index in [9.17, 15) is 4.79 Å². The Morgan fingerprint density at radius 2 is 2.10 bits per heavy atom. The van der Waals surface area contributed by atoms with Crippen LogP contribution in [0.25, 0.3) is 0 Å². The molecule has 2 N–H and O–H groups in total.